The van der Waals surface area contributed by atoms with Crippen molar-refractivity contribution in [3.05, 3.63) is 59.8 Å². The second-order valence-corrected chi connectivity index (χ2v) is 10.1. The quantitative estimate of drug-likeness (QED) is 0.462. The van der Waals surface area contributed by atoms with Crippen LogP contribution in [0.2, 0.25) is 0 Å². The van der Waals surface area contributed by atoms with Crippen LogP contribution < -0.4 is 5.32 Å². The number of rotatable bonds is 4. The summed E-state index contributed by atoms with van der Waals surface area (Å²) in [5.41, 5.74) is 4.41. The highest BCUT2D eigenvalue weighted by atomic mass is 16.4. The van der Waals surface area contributed by atoms with Gasteiger partial charge in [0, 0.05) is 24.2 Å². The molecule has 4 heterocycles. The fraction of sp³-hybridized carbons (Fsp3) is 0.385. The minimum absolute atomic E-state index is 0.0402. The van der Waals surface area contributed by atoms with E-state index in [1.54, 1.807) is 4.90 Å². The molecule has 2 atom stereocenters. The summed E-state index contributed by atoms with van der Waals surface area (Å²) in [6, 6.07) is 13.8. The van der Waals surface area contributed by atoms with Gasteiger partial charge in [-0.05, 0) is 48.6 Å². The first-order valence-electron chi connectivity index (χ1n) is 11.7. The van der Waals surface area contributed by atoms with Crippen molar-refractivity contribution in [2.75, 3.05) is 13.1 Å². The van der Waals surface area contributed by atoms with Crippen molar-refractivity contribution in [1.82, 2.24) is 29.8 Å². The van der Waals surface area contributed by atoms with Crippen LogP contribution in [-0.2, 0) is 5.41 Å². The van der Waals surface area contributed by atoms with E-state index in [2.05, 4.69) is 60.6 Å². The smallest absolute Gasteiger partial charge is 0.408 e. The molecule has 1 aromatic carbocycles. The summed E-state index contributed by atoms with van der Waals surface area (Å²) in [5, 5.41) is 23.0. The third-order valence-electron chi connectivity index (χ3n) is 6.73. The molecule has 8 nitrogen and oxygen atoms in total. The van der Waals surface area contributed by atoms with Gasteiger partial charge in [0.2, 0.25) is 0 Å². The first-order chi connectivity index (χ1) is 16.2. The number of hydrogen-bond donors (Lipinski definition) is 2. The Kier molecular flexibility index (Phi) is 5.48. The van der Waals surface area contributed by atoms with E-state index in [1.807, 2.05) is 35.7 Å². The van der Waals surface area contributed by atoms with Crippen molar-refractivity contribution in [2.45, 2.75) is 51.6 Å². The number of carboxylic acid groups (broad SMARTS) is 1. The Labute approximate surface area is 198 Å². The summed E-state index contributed by atoms with van der Waals surface area (Å²) in [6.45, 7) is 9.99. The van der Waals surface area contributed by atoms with Crippen LogP contribution in [0.25, 0.3) is 28.1 Å². The predicted octanol–water partition coefficient (Wildman–Crippen LogP) is 4.64. The van der Waals surface area contributed by atoms with Gasteiger partial charge in [-0.1, -0.05) is 51.1 Å². The standard InChI is InChI=1S/C26H30N6O2/c1-16(32(25(33)34)19-12-13-27-14-19)18-9-11-22-29-30-24(31(22)15-18)21-10-8-17-6-5-7-20(23(17)28-21)26(2,3)4/h5-11,15-16,19,27H,12-14H2,1-4H3,(H,33,34)/t16-,19?/m0/s1. The number of hydrogen-bond acceptors (Lipinski definition) is 5. The van der Waals surface area contributed by atoms with E-state index in [0.717, 1.165) is 35.1 Å². The molecule has 8 heteroatoms. The fourth-order valence-corrected chi connectivity index (χ4v) is 4.88. The first kappa shape index (κ1) is 22.3. The van der Waals surface area contributed by atoms with Gasteiger partial charge in [0.15, 0.2) is 11.5 Å². The minimum atomic E-state index is -0.906. The molecule has 3 aromatic heterocycles. The van der Waals surface area contributed by atoms with Gasteiger partial charge in [-0.15, -0.1) is 10.2 Å². The first-order valence-corrected chi connectivity index (χ1v) is 11.7. The topological polar surface area (TPSA) is 95.7 Å². The lowest BCUT2D eigenvalue weighted by Gasteiger charge is -2.31. The van der Waals surface area contributed by atoms with E-state index in [0.29, 0.717) is 18.0 Å². The molecule has 0 saturated carbocycles. The fourth-order valence-electron chi connectivity index (χ4n) is 4.88. The van der Waals surface area contributed by atoms with Gasteiger partial charge in [0.25, 0.3) is 0 Å². The summed E-state index contributed by atoms with van der Waals surface area (Å²) >= 11 is 0. The number of aromatic nitrogens is 4. The maximum absolute atomic E-state index is 12.1. The van der Waals surface area contributed by atoms with Crippen LogP contribution in [0.1, 0.15) is 51.3 Å². The van der Waals surface area contributed by atoms with Crippen LogP contribution in [0.5, 0.6) is 0 Å². The number of nitrogens with zero attached hydrogens (tertiary/aromatic N) is 5. The van der Waals surface area contributed by atoms with Gasteiger partial charge in [0.05, 0.1) is 11.6 Å². The van der Waals surface area contributed by atoms with E-state index < -0.39 is 6.09 Å². The molecule has 0 radical (unpaired) electrons. The molecular weight excluding hydrogens is 428 g/mol. The Morgan fingerprint density at radius 1 is 1.18 bits per heavy atom. The lowest BCUT2D eigenvalue weighted by molar-refractivity contribution is 0.107. The lowest BCUT2D eigenvalue weighted by Crippen LogP contribution is -2.42. The van der Waals surface area contributed by atoms with Crippen LogP contribution in [0.3, 0.4) is 0 Å². The summed E-state index contributed by atoms with van der Waals surface area (Å²) in [7, 11) is 0. The summed E-state index contributed by atoms with van der Waals surface area (Å²) in [5.74, 6) is 0.638. The van der Waals surface area contributed by atoms with Crippen LogP contribution in [0.15, 0.2) is 48.7 Å². The molecule has 1 aliphatic heterocycles. The molecule has 4 aromatic rings. The third kappa shape index (κ3) is 3.88. The normalized spacial score (nSPS) is 17.4. The van der Waals surface area contributed by atoms with Crippen LogP contribution in [-0.4, -0.2) is 54.8 Å². The third-order valence-corrected chi connectivity index (χ3v) is 6.73. The highest BCUT2D eigenvalue weighted by molar-refractivity contribution is 5.84. The van der Waals surface area contributed by atoms with Gasteiger partial charge in [0.1, 0.15) is 5.69 Å². The molecular formula is C26H30N6O2. The maximum atomic E-state index is 12.1. The minimum Gasteiger partial charge on any atom is -0.465 e. The Morgan fingerprint density at radius 3 is 2.71 bits per heavy atom. The van der Waals surface area contributed by atoms with Crippen LogP contribution in [0, 0.1) is 0 Å². The molecule has 0 bridgehead atoms. The van der Waals surface area contributed by atoms with Gasteiger partial charge in [-0.2, -0.15) is 0 Å². The zero-order valence-electron chi connectivity index (χ0n) is 20.0. The molecule has 176 valence electrons. The number of para-hydroxylation sites is 1. The molecule has 1 fully saturated rings. The molecule has 1 unspecified atom stereocenters. The number of nitrogens with one attached hydrogen (secondary N) is 1. The van der Waals surface area contributed by atoms with E-state index >= 15 is 0 Å². The SMILES string of the molecule is C[C@@H](c1ccc2nnc(-c3ccc4cccc(C(C)(C)C)c4n3)n2c1)N(C(=O)O)C1CCNC1. The number of benzene rings is 1. The molecule has 34 heavy (non-hydrogen) atoms. The Balaban J connectivity index is 1.59. The number of carbonyl (C=O) groups is 1. The number of pyridine rings is 2. The maximum Gasteiger partial charge on any atom is 0.408 e. The van der Waals surface area contributed by atoms with E-state index in [9.17, 15) is 9.90 Å². The highest BCUT2D eigenvalue weighted by Gasteiger charge is 2.31. The van der Waals surface area contributed by atoms with Crippen LogP contribution in [0.4, 0.5) is 4.79 Å². The van der Waals surface area contributed by atoms with Gasteiger partial charge < -0.3 is 10.4 Å². The van der Waals surface area contributed by atoms with Gasteiger partial charge in [-0.3, -0.25) is 9.30 Å². The predicted molar refractivity (Wildman–Crippen MR) is 132 cm³/mol. The van der Waals surface area contributed by atoms with Crippen molar-refractivity contribution < 1.29 is 9.90 Å². The van der Waals surface area contributed by atoms with Crippen molar-refractivity contribution in [1.29, 1.82) is 0 Å². The monoisotopic (exact) mass is 458 g/mol. The molecule has 1 amide bonds. The second-order valence-electron chi connectivity index (χ2n) is 10.1. The zero-order valence-corrected chi connectivity index (χ0v) is 20.0. The summed E-state index contributed by atoms with van der Waals surface area (Å²) in [4.78, 5) is 18.6. The second kappa shape index (κ2) is 8.36. The average Bonchev–Trinajstić information content (AvgIpc) is 3.47. The van der Waals surface area contributed by atoms with E-state index in [4.69, 9.17) is 4.98 Å². The number of fused-ring (bicyclic) bond motifs is 2. The number of amides is 1. The molecule has 1 aliphatic rings. The molecule has 0 spiro atoms. The largest absolute Gasteiger partial charge is 0.465 e. The van der Waals surface area contributed by atoms with Crippen molar-refractivity contribution in [3.63, 3.8) is 0 Å². The highest BCUT2D eigenvalue weighted by Crippen LogP contribution is 2.31. The zero-order chi connectivity index (χ0) is 24.0. The van der Waals surface area contributed by atoms with Gasteiger partial charge >= 0.3 is 6.09 Å². The van der Waals surface area contributed by atoms with Gasteiger partial charge in [-0.25, -0.2) is 9.78 Å². The van der Waals surface area contributed by atoms with Crippen molar-refractivity contribution in [3.8, 4) is 11.5 Å². The van der Waals surface area contributed by atoms with Crippen molar-refractivity contribution >= 4 is 22.6 Å². The average molecular weight is 459 g/mol. The molecule has 5 rings (SSSR count). The molecule has 0 aliphatic carbocycles. The Bertz CT molecular complexity index is 1370. The Morgan fingerprint density at radius 2 is 2.00 bits per heavy atom. The summed E-state index contributed by atoms with van der Waals surface area (Å²) < 4.78 is 1.91. The van der Waals surface area contributed by atoms with Crippen molar-refractivity contribution in [2.24, 2.45) is 0 Å². The molecule has 2 N–H and O–H groups in total. The van der Waals surface area contributed by atoms with E-state index in [-0.39, 0.29) is 17.5 Å². The van der Waals surface area contributed by atoms with Crippen LogP contribution >= 0.6 is 0 Å². The molecule has 1 saturated heterocycles. The Hall–Kier alpha value is -3.52. The lowest BCUT2D eigenvalue weighted by atomic mass is 9.85. The van der Waals surface area contributed by atoms with E-state index in [1.165, 1.54) is 5.56 Å². The summed E-state index contributed by atoms with van der Waals surface area (Å²) in [6.07, 6.45) is 1.85.